The summed E-state index contributed by atoms with van der Waals surface area (Å²) in [6, 6.07) is 3.65. The van der Waals surface area contributed by atoms with Crippen LogP contribution in [0.15, 0.2) is 23.1 Å². The van der Waals surface area contributed by atoms with Gasteiger partial charge in [-0.2, -0.15) is 4.31 Å². The Labute approximate surface area is 104 Å². The van der Waals surface area contributed by atoms with E-state index < -0.39 is 16.0 Å². The van der Waals surface area contributed by atoms with Crippen molar-refractivity contribution in [2.24, 2.45) is 0 Å². The largest absolute Gasteiger partial charge is 0.478 e. The number of rotatable bonds is 3. The van der Waals surface area contributed by atoms with Gasteiger partial charge in [-0.25, -0.2) is 13.2 Å². The quantitative estimate of drug-likeness (QED) is 0.906. The third-order valence-electron chi connectivity index (χ3n) is 2.62. The molecule has 1 aliphatic heterocycles. The molecule has 2 rings (SSSR count). The molecule has 5 nitrogen and oxygen atoms in total. The fourth-order valence-electron chi connectivity index (χ4n) is 1.51. The van der Waals surface area contributed by atoms with E-state index in [2.05, 4.69) is 0 Å². The molecule has 0 atom stereocenters. The number of carboxylic acids is 1. The van der Waals surface area contributed by atoms with Crippen LogP contribution in [0.2, 0.25) is 5.02 Å². The summed E-state index contributed by atoms with van der Waals surface area (Å²) in [6.45, 7) is 1.00. The minimum absolute atomic E-state index is 0.0344. The van der Waals surface area contributed by atoms with Crippen molar-refractivity contribution in [3.8, 4) is 0 Å². The highest BCUT2D eigenvalue weighted by atomic mass is 35.5. The molecular formula is C10H10ClNO4S. The smallest absolute Gasteiger partial charge is 0.337 e. The zero-order valence-corrected chi connectivity index (χ0v) is 10.3. The molecule has 1 saturated heterocycles. The maximum atomic E-state index is 12.0. The molecule has 1 aromatic rings. The van der Waals surface area contributed by atoms with Gasteiger partial charge in [0.2, 0.25) is 10.0 Å². The molecular weight excluding hydrogens is 266 g/mol. The summed E-state index contributed by atoms with van der Waals surface area (Å²) >= 11 is 5.73. The summed E-state index contributed by atoms with van der Waals surface area (Å²) in [5, 5.41) is 8.71. The van der Waals surface area contributed by atoms with Crippen molar-refractivity contribution in [2.45, 2.75) is 11.3 Å². The lowest BCUT2D eigenvalue weighted by atomic mass is 10.2. The zero-order valence-electron chi connectivity index (χ0n) is 8.76. The van der Waals surface area contributed by atoms with Crippen LogP contribution in [0, 0.1) is 0 Å². The van der Waals surface area contributed by atoms with Gasteiger partial charge >= 0.3 is 5.97 Å². The lowest BCUT2D eigenvalue weighted by molar-refractivity contribution is 0.0697. The van der Waals surface area contributed by atoms with Crippen LogP contribution in [0.25, 0.3) is 0 Å². The predicted molar refractivity (Wildman–Crippen MR) is 61.8 cm³/mol. The molecule has 1 fully saturated rings. The molecule has 0 aliphatic carbocycles. The third kappa shape index (κ3) is 2.15. The second-order valence-electron chi connectivity index (χ2n) is 3.70. The predicted octanol–water partition coefficient (Wildman–Crippen LogP) is 1.43. The highest BCUT2D eigenvalue weighted by Gasteiger charge is 2.29. The van der Waals surface area contributed by atoms with Gasteiger partial charge in [-0.05, 0) is 24.6 Å². The minimum Gasteiger partial charge on any atom is -0.478 e. The van der Waals surface area contributed by atoms with E-state index in [1.807, 2.05) is 0 Å². The standard InChI is InChI=1S/C10H10ClNO4S/c11-9-6-7(2-3-8(9)10(13)14)17(15,16)12-4-1-5-12/h2-3,6H,1,4-5H2,(H,13,14). The molecule has 1 N–H and O–H groups in total. The molecule has 0 saturated carbocycles. The first-order valence-electron chi connectivity index (χ1n) is 4.96. The summed E-state index contributed by atoms with van der Waals surface area (Å²) in [7, 11) is -3.51. The lowest BCUT2D eigenvalue weighted by Gasteiger charge is -2.29. The van der Waals surface area contributed by atoms with Gasteiger partial charge in [0.1, 0.15) is 0 Å². The highest BCUT2D eigenvalue weighted by Crippen LogP contribution is 2.25. The van der Waals surface area contributed by atoms with Crippen LogP contribution >= 0.6 is 11.6 Å². The Morgan fingerprint density at radius 1 is 1.35 bits per heavy atom. The van der Waals surface area contributed by atoms with E-state index in [-0.39, 0.29) is 15.5 Å². The summed E-state index contributed by atoms with van der Waals surface area (Å²) < 4.78 is 25.3. The van der Waals surface area contributed by atoms with Crippen LogP contribution in [0.1, 0.15) is 16.8 Å². The number of hydrogen-bond donors (Lipinski definition) is 1. The molecule has 0 unspecified atom stereocenters. The second kappa shape index (κ2) is 4.29. The van der Waals surface area contributed by atoms with Crippen LogP contribution in [-0.4, -0.2) is 36.9 Å². The monoisotopic (exact) mass is 275 g/mol. The average molecular weight is 276 g/mol. The topological polar surface area (TPSA) is 74.7 Å². The molecule has 1 aromatic carbocycles. The number of carbonyl (C=O) groups is 1. The van der Waals surface area contributed by atoms with Gasteiger partial charge in [0.05, 0.1) is 15.5 Å². The highest BCUT2D eigenvalue weighted by molar-refractivity contribution is 7.89. The van der Waals surface area contributed by atoms with Crippen LogP contribution in [-0.2, 0) is 10.0 Å². The summed E-state index contributed by atoms with van der Waals surface area (Å²) in [4.78, 5) is 10.8. The number of nitrogens with zero attached hydrogens (tertiary/aromatic N) is 1. The molecule has 0 amide bonds. The van der Waals surface area contributed by atoms with E-state index in [0.29, 0.717) is 13.1 Å². The van der Waals surface area contributed by atoms with Crippen molar-refractivity contribution in [3.63, 3.8) is 0 Å². The molecule has 7 heteroatoms. The van der Waals surface area contributed by atoms with Crippen molar-refractivity contribution < 1.29 is 18.3 Å². The van der Waals surface area contributed by atoms with Gasteiger partial charge in [0.25, 0.3) is 0 Å². The van der Waals surface area contributed by atoms with Crippen molar-refractivity contribution in [3.05, 3.63) is 28.8 Å². The number of halogens is 1. The average Bonchev–Trinajstić information content (AvgIpc) is 2.13. The van der Waals surface area contributed by atoms with E-state index in [1.54, 1.807) is 0 Å². The van der Waals surface area contributed by atoms with E-state index in [9.17, 15) is 13.2 Å². The van der Waals surface area contributed by atoms with Gasteiger partial charge in [-0.3, -0.25) is 0 Å². The van der Waals surface area contributed by atoms with Crippen molar-refractivity contribution in [1.82, 2.24) is 4.31 Å². The Balaban J connectivity index is 2.41. The Morgan fingerprint density at radius 2 is 2.00 bits per heavy atom. The molecule has 92 valence electrons. The van der Waals surface area contributed by atoms with E-state index in [1.165, 1.54) is 22.5 Å². The summed E-state index contributed by atoms with van der Waals surface area (Å²) in [6.07, 6.45) is 0.847. The molecule has 0 aromatic heterocycles. The Kier molecular flexibility index (Phi) is 3.11. The Bertz CT molecular complexity index is 566. The van der Waals surface area contributed by atoms with E-state index in [0.717, 1.165) is 6.42 Å². The maximum absolute atomic E-state index is 12.0. The Hall–Kier alpha value is -1.11. The second-order valence-corrected chi connectivity index (χ2v) is 6.05. The van der Waals surface area contributed by atoms with Crippen LogP contribution in [0.4, 0.5) is 0 Å². The maximum Gasteiger partial charge on any atom is 0.337 e. The lowest BCUT2D eigenvalue weighted by Crippen LogP contribution is -2.41. The van der Waals surface area contributed by atoms with Gasteiger partial charge in [-0.15, -0.1) is 0 Å². The fourth-order valence-corrected chi connectivity index (χ4v) is 3.38. The first kappa shape index (κ1) is 12.3. The van der Waals surface area contributed by atoms with E-state index >= 15 is 0 Å². The number of aromatic carboxylic acids is 1. The van der Waals surface area contributed by atoms with Crippen molar-refractivity contribution >= 4 is 27.6 Å². The van der Waals surface area contributed by atoms with Crippen LogP contribution in [0.3, 0.4) is 0 Å². The molecule has 0 radical (unpaired) electrons. The molecule has 1 heterocycles. The number of carboxylic acid groups (broad SMARTS) is 1. The van der Waals surface area contributed by atoms with Gasteiger partial charge in [0.15, 0.2) is 0 Å². The van der Waals surface area contributed by atoms with Gasteiger partial charge in [-0.1, -0.05) is 11.6 Å². The minimum atomic E-state index is -3.51. The Morgan fingerprint density at radius 3 is 2.41 bits per heavy atom. The first-order valence-corrected chi connectivity index (χ1v) is 6.78. The van der Waals surface area contributed by atoms with Crippen LogP contribution < -0.4 is 0 Å². The zero-order chi connectivity index (χ0) is 12.6. The molecule has 0 bridgehead atoms. The fraction of sp³-hybridized carbons (Fsp3) is 0.300. The molecule has 1 aliphatic rings. The number of sulfonamides is 1. The van der Waals surface area contributed by atoms with E-state index in [4.69, 9.17) is 16.7 Å². The number of hydrogen-bond acceptors (Lipinski definition) is 3. The van der Waals surface area contributed by atoms with Crippen molar-refractivity contribution in [2.75, 3.05) is 13.1 Å². The molecule has 17 heavy (non-hydrogen) atoms. The molecule has 0 spiro atoms. The van der Waals surface area contributed by atoms with Gasteiger partial charge < -0.3 is 5.11 Å². The van der Waals surface area contributed by atoms with Crippen molar-refractivity contribution in [1.29, 1.82) is 0 Å². The van der Waals surface area contributed by atoms with Crippen LogP contribution in [0.5, 0.6) is 0 Å². The SMILES string of the molecule is O=C(O)c1ccc(S(=O)(=O)N2CCC2)cc1Cl. The number of benzene rings is 1. The summed E-state index contributed by atoms with van der Waals surface area (Å²) in [5.74, 6) is -1.18. The normalized spacial score (nSPS) is 16.5. The first-order chi connectivity index (χ1) is 7.93. The summed E-state index contributed by atoms with van der Waals surface area (Å²) in [5.41, 5.74) is -0.103. The van der Waals surface area contributed by atoms with Gasteiger partial charge in [0, 0.05) is 13.1 Å². The third-order valence-corrected chi connectivity index (χ3v) is 4.83.